The zero-order chi connectivity index (χ0) is 15.0. The van der Waals surface area contributed by atoms with Crippen molar-refractivity contribution >= 4 is 21.9 Å². The summed E-state index contributed by atoms with van der Waals surface area (Å²) in [6.45, 7) is 0.577. The van der Waals surface area contributed by atoms with Crippen molar-refractivity contribution in [1.29, 1.82) is 0 Å². The van der Waals surface area contributed by atoms with E-state index >= 15 is 0 Å². The van der Waals surface area contributed by atoms with Crippen molar-refractivity contribution in [2.75, 3.05) is 0 Å². The molecule has 0 spiro atoms. The summed E-state index contributed by atoms with van der Waals surface area (Å²) < 4.78 is 0.674. The van der Waals surface area contributed by atoms with E-state index in [1.165, 1.54) is 12.8 Å². The Bertz CT molecular complexity index is 548. The van der Waals surface area contributed by atoms with Gasteiger partial charge < -0.3 is 10.2 Å². The topological polar surface area (TPSA) is 60.8 Å². The van der Waals surface area contributed by atoms with E-state index in [2.05, 4.69) is 20.8 Å². The number of aromatic hydroxyl groups is 1. The van der Waals surface area contributed by atoms with E-state index in [1.54, 1.807) is 12.1 Å². The number of benzene rings is 1. The number of carboxylic acid groups (broad SMARTS) is 1. The molecule has 2 aliphatic rings. The minimum Gasteiger partial charge on any atom is -0.507 e. The normalized spacial score (nSPS) is 29.3. The van der Waals surface area contributed by atoms with Crippen LogP contribution >= 0.6 is 15.9 Å². The highest BCUT2D eigenvalue weighted by Gasteiger charge is 2.45. The lowest BCUT2D eigenvalue weighted by Gasteiger charge is -2.33. The third kappa shape index (κ3) is 2.81. The molecule has 1 saturated carbocycles. The lowest BCUT2D eigenvalue weighted by atomic mass is 9.84. The van der Waals surface area contributed by atoms with Gasteiger partial charge in [-0.1, -0.05) is 25.0 Å². The van der Waals surface area contributed by atoms with Gasteiger partial charge in [0.25, 0.3) is 0 Å². The zero-order valence-electron chi connectivity index (χ0n) is 11.8. The third-order valence-electron chi connectivity index (χ3n) is 4.92. The molecule has 1 aliphatic carbocycles. The summed E-state index contributed by atoms with van der Waals surface area (Å²) in [6.07, 6.45) is 5.40. The number of likely N-dealkylation sites (tertiary alicyclic amines) is 1. The number of hydrogen-bond donors (Lipinski definition) is 2. The van der Waals surface area contributed by atoms with Crippen molar-refractivity contribution in [3.8, 4) is 5.75 Å². The van der Waals surface area contributed by atoms with Crippen molar-refractivity contribution in [3.63, 3.8) is 0 Å². The van der Waals surface area contributed by atoms with Crippen LogP contribution in [-0.2, 0) is 11.3 Å². The first-order valence-corrected chi connectivity index (χ1v) is 8.32. The Hall–Kier alpha value is -1.07. The Morgan fingerprint density at radius 1 is 1.33 bits per heavy atom. The van der Waals surface area contributed by atoms with Gasteiger partial charge in [0.2, 0.25) is 0 Å². The lowest BCUT2D eigenvalue weighted by molar-refractivity contribution is -0.142. The van der Waals surface area contributed by atoms with Crippen LogP contribution in [0.1, 0.15) is 37.7 Å². The van der Waals surface area contributed by atoms with Gasteiger partial charge >= 0.3 is 5.97 Å². The molecular formula is C16H20BrNO3. The number of hydrogen-bond acceptors (Lipinski definition) is 3. The third-order valence-corrected chi connectivity index (χ3v) is 5.83. The largest absolute Gasteiger partial charge is 0.507 e. The van der Waals surface area contributed by atoms with Crippen molar-refractivity contribution in [2.24, 2.45) is 5.92 Å². The molecule has 1 aliphatic heterocycles. The van der Waals surface area contributed by atoms with Crippen LogP contribution in [0.25, 0.3) is 0 Å². The van der Waals surface area contributed by atoms with Gasteiger partial charge in [-0.3, -0.25) is 9.69 Å². The zero-order valence-corrected chi connectivity index (χ0v) is 13.4. The molecule has 3 rings (SSSR count). The lowest BCUT2D eigenvalue weighted by Crippen LogP contribution is -2.41. The van der Waals surface area contributed by atoms with Crippen LogP contribution in [0.3, 0.4) is 0 Å². The average molecular weight is 354 g/mol. The fraction of sp³-hybridized carbons (Fsp3) is 0.562. The first-order valence-electron chi connectivity index (χ1n) is 7.53. The highest BCUT2D eigenvalue weighted by molar-refractivity contribution is 9.10. The number of nitrogens with zero attached hydrogens (tertiary/aromatic N) is 1. The van der Waals surface area contributed by atoms with Gasteiger partial charge in [0.1, 0.15) is 11.8 Å². The number of carbonyl (C=O) groups is 1. The van der Waals surface area contributed by atoms with Crippen molar-refractivity contribution in [3.05, 3.63) is 28.2 Å². The maximum absolute atomic E-state index is 11.6. The molecule has 0 amide bonds. The van der Waals surface area contributed by atoms with E-state index in [4.69, 9.17) is 0 Å². The fourth-order valence-electron chi connectivity index (χ4n) is 3.91. The Morgan fingerprint density at radius 3 is 2.86 bits per heavy atom. The average Bonchev–Trinajstić information content (AvgIpc) is 2.83. The van der Waals surface area contributed by atoms with Gasteiger partial charge in [0.05, 0.1) is 4.47 Å². The molecule has 3 unspecified atom stereocenters. The molecule has 2 fully saturated rings. The summed E-state index contributed by atoms with van der Waals surface area (Å²) in [6, 6.07) is 5.36. The quantitative estimate of drug-likeness (QED) is 0.874. The molecule has 114 valence electrons. The molecule has 0 radical (unpaired) electrons. The van der Waals surface area contributed by atoms with E-state index in [1.807, 2.05) is 6.07 Å². The number of rotatable bonds is 3. The van der Waals surface area contributed by atoms with Crippen LogP contribution in [0, 0.1) is 5.92 Å². The second-order valence-electron chi connectivity index (χ2n) is 6.12. The summed E-state index contributed by atoms with van der Waals surface area (Å²) in [4.78, 5) is 13.7. The van der Waals surface area contributed by atoms with E-state index in [0.29, 0.717) is 23.0 Å². The van der Waals surface area contributed by atoms with Crippen LogP contribution in [0.2, 0.25) is 0 Å². The monoisotopic (exact) mass is 353 g/mol. The molecule has 0 aromatic heterocycles. The van der Waals surface area contributed by atoms with Crippen molar-refractivity contribution < 1.29 is 15.0 Å². The number of halogens is 1. The molecule has 1 saturated heterocycles. The molecule has 4 nitrogen and oxygen atoms in total. The van der Waals surface area contributed by atoms with E-state index in [-0.39, 0.29) is 5.75 Å². The van der Waals surface area contributed by atoms with Crippen molar-refractivity contribution in [1.82, 2.24) is 4.90 Å². The number of fused-ring (bicyclic) bond motifs is 1. The standard InChI is InChI=1S/C16H20BrNO3/c17-15-11(5-3-7-14(15)19)9-18-12-6-2-1-4-10(12)8-13(18)16(20)21/h3,5,7,10,12-13,19H,1-2,4,6,8-9H2,(H,20,21). The van der Waals surface area contributed by atoms with Crippen LogP contribution in [0.5, 0.6) is 5.75 Å². The van der Waals surface area contributed by atoms with Gasteiger partial charge in [-0.2, -0.15) is 0 Å². The minimum atomic E-state index is -0.722. The summed E-state index contributed by atoms with van der Waals surface area (Å²) in [7, 11) is 0. The predicted octanol–water partition coefficient (Wildman–Crippen LogP) is 3.37. The Balaban J connectivity index is 1.86. The Labute approximate surface area is 132 Å². The first kappa shape index (κ1) is 14.9. The van der Waals surface area contributed by atoms with Crippen molar-refractivity contribution in [2.45, 2.75) is 50.7 Å². The maximum atomic E-state index is 11.6. The Kier molecular flexibility index (Phi) is 4.22. The number of phenols is 1. The van der Waals surface area contributed by atoms with E-state index in [0.717, 1.165) is 24.8 Å². The summed E-state index contributed by atoms with van der Waals surface area (Å²) in [5, 5.41) is 19.3. The van der Waals surface area contributed by atoms with Crippen LogP contribution < -0.4 is 0 Å². The SMILES string of the molecule is O=C(O)C1CC2CCCCC2N1Cc1cccc(O)c1Br. The number of phenolic OH excluding ortho intramolecular Hbond substituents is 1. The summed E-state index contributed by atoms with van der Waals surface area (Å²) in [5.41, 5.74) is 0.951. The van der Waals surface area contributed by atoms with Crippen LogP contribution in [0.4, 0.5) is 0 Å². The molecule has 21 heavy (non-hydrogen) atoms. The van der Waals surface area contributed by atoms with Gasteiger partial charge in [0.15, 0.2) is 0 Å². The molecule has 1 aromatic carbocycles. The maximum Gasteiger partial charge on any atom is 0.320 e. The van der Waals surface area contributed by atoms with Gasteiger partial charge in [-0.25, -0.2) is 0 Å². The van der Waals surface area contributed by atoms with E-state index in [9.17, 15) is 15.0 Å². The predicted molar refractivity (Wildman–Crippen MR) is 83.1 cm³/mol. The van der Waals surface area contributed by atoms with Gasteiger partial charge in [0, 0.05) is 12.6 Å². The van der Waals surface area contributed by atoms with Crippen LogP contribution in [-0.4, -0.2) is 33.2 Å². The molecule has 0 bridgehead atoms. The Morgan fingerprint density at radius 2 is 2.10 bits per heavy atom. The second-order valence-corrected chi connectivity index (χ2v) is 6.92. The fourth-order valence-corrected chi connectivity index (χ4v) is 4.30. The molecular weight excluding hydrogens is 334 g/mol. The highest BCUT2D eigenvalue weighted by atomic mass is 79.9. The summed E-state index contributed by atoms with van der Waals surface area (Å²) in [5.74, 6) is -0.00428. The second kappa shape index (κ2) is 5.97. The minimum absolute atomic E-state index is 0.207. The van der Waals surface area contributed by atoms with Gasteiger partial charge in [-0.05, 0) is 52.7 Å². The molecule has 1 heterocycles. The smallest absolute Gasteiger partial charge is 0.320 e. The van der Waals surface area contributed by atoms with E-state index < -0.39 is 12.0 Å². The van der Waals surface area contributed by atoms with Gasteiger partial charge in [-0.15, -0.1) is 0 Å². The molecule has 5 heteroatoms. The summed E-state index contributed by atoms with van der Waals surface area (Å²) >= 11 is 3.41. The molecule has 3 atom stereocenters. The number of carboxylic acids is 1. The molecule has 1 aromatic rings. The molecule has 2 N–H and O–H groups in total. The highest BCUT2D eigenvalue weighted by Crippen LogP contribution is 2.41. The first-order chi connectivity index (χ1) is 10.1. The number of aliphatic carboxylic acids is 1. The van der Waals surface area contributed by atoms with Crippen LogP contribution in [0.15, 0.2) is 22.7 Å².